The highest BCUT2D eigenvalue weighted by atomic mass is 32.2. The summed E-state index contributed by atoms with van der Waals surface area (Å²) in [7, 11) is -3.12. The third-order valence-corrected chi connectivity index (χ3v) is 7.33. The number of fused-ring (bicyclic) bond motifs is 1. The van der Waals surface area contributed by atoms with E-state index in [1.54, 1.807) is 42.5 Å². The minimum atomic E-state index is -4.69. The van der Waals surface area contributed by atoms with Gasteiger partial charge in [-0.2, -0.15) is 13.2 Å². The van der Waals surface area contributed by atoms with Crippen molar-refractivity contribution in [1.82, 2.24) is 15.3 Å². The quantitative estimate of drug-likeness (QED) is 0.128. The van der Waals surface area contributed by atoms with Crippen LogP contribution in [0.25, 0.3) is 22.2 Å². The summed E-state index contributed by atoms with van der Waals surface area (Å²) in [6.07, 6.45) is -2.37. The fraction of sp³-hybridized carbons (Fsp3) is 0.200. The van der Waals surface area contributed by atoms with Gasteiger partial charge < -0.3 is 19.8 Å². The van der Waals surface area contributed by atoms with Crippen LogP contribution in [0.1, 0.15) is 16.9 Å². The number of furan rings is 1. The van der Waals surface area contributed by atoms with Gasteiger partial charge in [-0.3, -0.25) is 0 Å². The normalized spacial score (nSPS) is 12.0. The number of hydrogen-bond donors (Lipinski definition) is 2. The number of nitrogens with one attached hydrogen (secondary N) is 2. The molecule has 3 aromatic carbocycles. The van der Waals surface area contributed by atoms with Crippen LogP contribution in [0.3, 0.4) is 0 Å². The van der Waals surface area contributed by atoms with E-state index in [4.69, 9.17) is 9.15 Å². The predicted octanol–water partition coefficient (Wildman–Crippen LogP) is 6.50. The van der Waals surface area contributed by atoms with E-state index in [0.29, 0.717) is 11.1 Å². The van der Waals surface area contributed by atoms with Crippen molar-refractivity contribution in [2.75, 3.05) is 23.9 Å². The maximum Gasteiger partial charge on any atom is 0.420 e. The van der Waals surface area contributed by atoms with Crippen LogP contribution in [-0.2, 0) is 29.2 Å². The molecule has 5 aromatic rings. The Labute approximate surface area is 244 Å². The van der Waals surface area contributed by atoms with E-state index < -0.39 is 27.4 Å². The summed E-state index contributed by atoms with van der Waals surface area (Å²) >= 11 is 0. The Bertz CT molecular complexity index is 1840. The highest BCUT2D eigenvalue weighted by Gasteiger charge is 2.35. The molecule has 8 nitrogen and oxygen atoms in total. The number of rotatable bonds is 11. The number of anilines is 2. The van der Waals surface area contributed by atoms with Gasteiger partial charge in [-0.25, -0.2) is 22.8 Å². The van der Waals surface area contributed by atoms with Crippen LogP contribution in [-0.4, -0.2) is 36.9 Å². The first kappa shape index (κ1) is 30.0. The minimum absolute atomic E-state index is 0.0349. The van der Waals surface area contributed by atoms with Gasteiger partial charge in [0.05, 0.1) is 28.9 Å². The van der Waals surface area contributed by atoms with Gasteiger partial charge in [0.15, 0.2) is 0 Å². The van der Waals surface area contributed by atoms with Crippen molar-refractivity contribution < 1.29 is 35.1 Å². The predicted molar refractivity (Wildman–Crippen MR) is 154 cm³/mol. The molecule has 0 aliphatic carbocycles. The van der Waals surface area contributed by atoms with Gasteiger partial charge in [-0.05, 0) is 42.0 Å². The largest absolute Gasteiger partial charge is 0.488 e. The third kappa shape index (κ3) is 7.67. The van der Waals surface area contributed by atoms with E-state index in [0.717, 1.165) is 17.9 Å². The highest BCUT2D eigenvalue weighted by molar-refractivity contribution is 7.90. The van der Waals surface area contributed by atoms with Crippen molar-refractivity contribution in [3.05, 3.63) is 102 Å². The van der Waals surface area contributed by atoms with Crippen LogP contribution in [0.5, 0.6) is 5.75 Å². The van der Waals surface area contributed by atoms with E-state index in [1.807, 2.05) is 0 Å². The fourth-order valence-corrected chi connectivity index (χ4v) is 4.80. The molecule has 5 rings (SSSR count). The van der Waals surface area contributed by atoms with E-state index in [-0.39, 0.29) is 59.5 Å². The summed E-state index contributed by atoms with van der Waals surface area (Å²) in [6.45, 7) is 0.418. The van der Waals surface area contributed by atoms with Gasteiger partial charge >= 0.3 is 6.18 Å². The van der Waals surface area contributed by atoms with Crippen LogP contribution in [0.4, 0.5) is 29.1 Å². The average molecular weight is 615 g/mol. The maximum absolute atomic E-state index is 15.1. The molecule has 0 saturated heterocycles. The summed E-state index contributed by atoms with van der Waals surface area (Å²) in [4.78, 5) is 8.28. The maximum atomic E-state index is 15.1. The molecule has 0 bridgehead atoms. The van der Waals surface area contributed by atoms with E-state index >= 15 is 4.39 Å². The smallest absolute Gasteiger partial charge is 0.420 e. The van der Waals surface area contributed by atoms with Crippen LogP contribution in [0.15, 0.2) is 83.5 Å². The summed E-state index contributed by atoms with van der Waals surface area (Å²) < 4.78 is 90.8. The third-order valence-electron chi connectivity index (χ3n) is 6.38. The molecule has 2 aromatic heterocycles. The highest BCUT2D eigenvalue weighted by Crippen LogP contribution is 2.39. The first-order chi connectivity index (χ1) is 20.5. The molecule has 0 atom stereocenters. The second kappa shape index (κ2) is 12.4. The molecular weight excluding hydrogens is 588 g/mol. The first-order valence-corrected chi connectivity index (χ1v) is 15.1. The number of halogens is 4. The van der Waals surface area contributed by atoms with E-state index in [2.05, 4.69) is 20.6 Å². The lowest BCUT2D eigenvalue weighted by molar-refractivity contribution is -0.139. The van der Waals surface area contributed by atoms with E-state index in [9.17, 15) is 21.6 Å². The second-order valence-corrected chi connectivity index (χ2v) is 12.0. The molecule has 43 heavy (non-hydrogen) atoms. The number of sulfone groups is 1. The summed E-state index contributed by atoms with van der Waals surface area (Å²) in [5.41, 5.74) is 0.165. The van der Waals surface area contributed by atoms with Gasteiger partial charge in [0.2, 0.25) is 0 Å². The lowest BCUT2D eigenvalue weighted by atomic mass is 10.1. The number of hydrogen-bond acceptors (Lipinski definition) is 8. The molecule has 0 spiro atoms. The standard InChI is InChI=1S/C30H26F4N4O4S/c1-43(39,40)12-11-35-16-21-8-10-27(42-21)22-14-23-26(15-25(22)31)36-18-37-29(23)38-20-7-9-28(24(13-20)30(32,33)34)41-17-19-5-3-2-4-6-19/h2-10,13-15,18,35H,11-12,16-17H2,1H3,(H,36,37,38). The Balaban J connectivity index is 1.39. The molecule has 0 radical (unpaired) electrons. The number of aromatic nitrogens is 2. The SMILES string of the molecule is CS(=O)(=O)CCNCc1ccc(-c2cc3c(Nc4ccc(OCc5ccccc5)c(C(F)(F)F)c4)ncnc3cc2F)o1. The fourth-order valence-electron chi connectivity index (χ4n) is 4.28. The molecule has 2 N–H and O–H groups in total. The van der Waals surface area contributed by atoms with Crippen molar-refractivity contribution in [2.24, 2.45) is 0 Å². The Morgan fingerprint density at radius 2 is 1.77 bits per heavy atom. The molecule has 0 aliphatic heterocycles. The number of benzene rings is 3. The van der Waals surface area contributed by atoms with Crippen LogP contribution >= 0.6 is 0 Å². The van der Waals surface area contributed by atoms with Crippen LogP contribution in [0.2, 0.25) is 0 Å². The first-order valence-electron chi connectivity index (χ1n) is 13.0. The van der Waals surface area contributed by atoms with Gasteiger partial charge in [0.1, 0.15) is 51.7 Å². The van der Waals surface area contributed by atoms with Gasteiger partial charge in [-0.15, -0.1) is 0 Å². The zero-order valence-electron chi connectivity index (χ0n) is 22.8. The molecule has 0 saturated carbocycles. The lowest BCUT2D eigenvalue weighted by Gasteiger charge is -2.16. The van der Waals surface area contributed by atoms with Gasteiger partial charge in [0.25, 0.3) is 0 Å². The Kier molecular flexibility index (Phi) is 8.64. The topological polar surface area (TPSA) is 106 Å². The summed E-state index contributed by atoms with van der Waals surface area (Å²) in [5.74, 6) is -0.163. The molecule has 0 aliphatic rings. The van der Waals surface area contributed by atoms with E-state index in [1.165, 1.54) is 30.6 Å². The summed E-state index contributed by atoms with van der Waals surface area (Å²) in [5, 5.41) is 6.19. The molecule has 0 unspecified atom stereocenters. The molecule has 13 heteroatoms. The van der Waals surface area contributed by atoms with Crippen molar-refractivity contribution in [3.8, 4) is 17.1 Å². The molecule has 224 valence electrons. The summed E-state index contributed by atoms with van der Waals surface area (Å²) in [6, 6.07) is 18.3. The molecule has 0 fully saturated rings. The van der Waals surface area contributed by atoms with Crippen molar-refractivity contribution in [2.45, 2.75) is 19.3 Å². The van der Waals surface area contributed by atoms with Crippen LogP contribution < -0.4 is 15.4 Å². The lowest BCUT2D eigenvalue weighted by Crippen LogP contribution is -2.21. The Morgan fingerprint density at radius 3 is 2.51 bits per heavy atom. The monoisotopic (exact) mass is 614 g/mol. The van der Waals surface area contributed by atoms with Crippen molar-refractivity contribution in [3.63, 3.8) is 0 Å². The minimum Gasteiger partial charge on any atom is -0.488 e. The number of alkyl halides is 3. The van der Waals surface area contributed by atoms with Crippen molar-refractivity contribution >= 4 is 32.2 Å². The van der Waals surface area contributed by atoms with Crippen molar-refractivity contribution in [1.29, 1.82) is 0 Å². The zero-order chi connectivity index (χ0) is 30.6. The van der Waals surface area contributed by atoms with Crippen LogP contribution in [0, 0.1) is 5.82 Å². The Morgan fingerprint density at radius 1 is 0.977 bits per heavy atom. The number of ether oxygens (including phenoxy) is 1. The van der Waals surface area contributed by atoms with Gasteiger partial charge in [0, 0.05) is 29.9 Å². The molecular formula is C30H26F4N4O4S. The number of nitrogens with zero attached hydrogens (tertiary/aromatic N) is 2. The second-order valence-electron chi connectivity index (χ2n) is 9.75. The average Bonchev–Trinajstić information content (AvgIpc) is 3.42. The zero-order valence-corrected chi connectivity index (χ0v) is 23.6. The Hall–Kier alpha value is -4.49. The molecule has 2 heterocycles. The molecule has 0 amide bonds. The van der Waals surface area contributed by atoms with Gasteiger partial charge in [-0.1, -0.05) is 30.3 Å².